The fourth-order valence-electron chi connectivity index (χ4n) is 4.25. The van der Waals surface area contributed by atoms with E-state index in [1.807, 2.05) is 41.9 Å². The van der Waals surface area contributed by atoms with Gasteiger partial charge < -0.3 is 14.4 Å². The Hall–Kier alpha value is -3.45. The van der Waals surface area contributed by atoms with Gasteiger partial charge >= 0.3 is 0 Å². The molecular weight excluding hydrogens is 402 g/mol. The van der Waals surface area contributed by atoms with E-state index in [2.05, 4.69) is 30.0 Å². The number of hydrogen-bond acceptors (Lipinski definition) is 6. The fourth-order valence-corrected chi connectivity index (χ4v) is 4.25. The number of anilines is 1. The van der Waals surface area contributed by atoms with Gasteiger partial charge in [0.25, 0.3) is 0 Å². The van der Waals surface area contributed by atoms with Crippen molar-refractivity contribution in [1.82, 2.24) is 19.6 Å². The van der Waals surface area contributed by atoms with Gasteiger partial charge in [0, 0.05) is 30.4 Å². The maximum Gasteiger partial charge on any atom is 0.154 e. The molecule has 4 aromatic rings. The Morgan fingerprint density at radius 2 is 1.84 bits per heavy atom. The molecule has 32 heavy (non-hydrogen) atoms. The lowest BCUT2D eigenvalue weighted by atomic mass is 10.1. The summed E-state index contributed by atoms with van der Waals surface area (Å²) in [4.78, 5) is 11.7. The molecular formula is C25H27N5O2. The Bertz CT molecular complexity index is 1240. The molecule has 0 unspecified atom stereocenters. The summed E-state index contributed by atoms with van der Waals surface area (Å²) in [5.74, 6) is 1.88. The molecule has 5 rings (SSSR count). The van der Waals surface area contributed by atoms with Crippen molar-refractivity contribution in [2.45, 2.75) is 20.3 Å². The highest BCUT2D eigenvalue weighted by Gasteiger charge is 2.16. The van der Waals surface area contributed by atoms with Crippen molar-refractivity contribution in [2.75, 3.05) is 38.3 Å². The van der Waals surface area contributed by atoms with Crippen LogP contribution in [0.15, 0.2) is 48.7 Å². The molecule has 0 saturated carbocycles. The smallest absolute Gasteiger partial charge is 0.154 e. The Kier molecular flexibility index (Phi) is 5.49. The average molecular weight is 430 g/mol. The zero-order valence-corrected chi connectivity index (χ0v) is 18.7. The third-order valence-corrected chi connectivity index (χ3v) is 5.97. The van der Waals surface area contributed by atoms with Crippen LogP contribution < -0.4 is 9.64 Å². The van der Waals surface area contributed by atoms with Crippen molar-refractivity contribution >= 4 is 11.5 Å². The van der Waals surface area contributed by atoms with E-state index in [-0.39, 0.29) is 0 Å². The first-order valence-electron chi connectivity index (χ1n) is 11.0. The van der Waals surface area contributed by atoms with Gasteiger partial charge in [0.15, 0.2) is 5.65 Å². The number of imidazole rings is 1. The lowest BCUT2D eigenvalue weighted by molar-refractivity contribution is 0.122. The molecule has 164 valence electrons. The Balaban J connectivity index is 1.53. The molecule has 0 N–H and O–H groups in total. The molecule has 0 spiro atoms. The predicted molar refractivity (Wildman–Crippen MR) is 125 cm³/mol. The van der Waals surface area contributed by atoms with E-state index in [4.69, 9.17) is 24.5 Å². The average Bonchev–Trinajstić information content (AvgIpc) is 3.19. The second kappa shape index (κ2) is 8.59. The van der Waals surface area contributed by atoms with Crippen LogP contribution in [0.1, 0.15) is 18.2 Å². The summed E-state index contributed by atoms with van der Waals surface area (Å²) in [6.07, 6.45) is 2.81. The van der Waals surface area contributed by atoms with Gasteiger partial charge in [0.2, 0.25) is 0 Å². The highest BCUT2D eigenvalue weighted by molar-refractivity contribution is 5.69. The number of aromatic nitrogens is 4. The summed E-state index contributed by atoms with van der Waals surface area (Å²) in [6.45, 7) is 7.37. The lowest BCUT2D eigenvalue weighted by Gasteiger charge is -2.27. The Morgan fingerprint density at radius 1 is 1.03 bits per heavy atom. The van der Waals surface area contributed by atoms with Gasteiger partial charge in [0.1, 0.15) is 11.6 Å². The number of hydrogen-bond donors (Lipinski definition) is 0. The van der Waals surface area contributed by atoms with E-state index >= 15 is 0 Å². The molecule has 3 aromatic heterocycles. The molecule has 1 aliphatic rings. The number of ether oxygens (including phenoxy) is 2. The summed E-state index contributed by atoms with van der Waals surface area (Å²) in [5.41, 5.74) is 6.83. The number of fused-ring (bicyclic) bond motifs is 1. The highest BCUT2D eigenvalue weighted by Crippen LogP contribution is 2.29. The first kappa shape index (κ1) is 20.5. The van der Waals surface area contributed by atoms with Crippen molar-refractivity contribution in [3.8, 4) is 28.3 Å². The number of morpholine rings is 1. The highest BCUT2D eigenvalue weighted by atomic mass is 16.5. The monoisotopic (exact) mass is 429 g/mol. The normalized spacial score (nSPS) is 14.2. The molecule has 1 saturated heterocycles. The third kappa shape index (κ3) is 3.69. The molecule has 1 fully saturated rings. The van der Waals surface area contributed by atoms with E-state index in [0.717, 1.165) is 83.7 Å². The van der Waals surface area contributed by atoms with E-state index < -0.39 is 0 Å². The zero-order valence-electron chi connectivity index (χ0n) is 18.7. The molecule has 4 heterocycles. The number of methoxy groups -OCH3 is 1. The van der Waals surface area contributed by atoms with Crippen molar-refractivity contribution in [3.63, 3.8) is 0 Å². The predicted octanol–water partition coefficient (Wildman–Crippen LogP) is 4.17. The molecule has 0 amide bonds. The van der Waals surface area contributed by atoms with Crippen LogP contribution in [0, 0.1) is 6.92 Å². The third-order valence-electron chi connectivity index (χ3n) is 5.97. The fraction of sp³-hybridized carbons (Fsp3) is 0.320. The van der Waals surface area contributed by atoms with Gasteiger partial charge in [-0.15, -0.1) is 0 Å². The lowest BCUT2D eigenvalue weighted by Crippen LogP contribution is -2.36. The number of rotatable bonds is 5. The maximum atomic E-state index is 5.48. The van der Waals surface area contributed by atoms with Crippen molar-refractivity contribution in [1.29, 1.82) is 0 Å². The first-order chi connectivity index (χ1) is 15.7. The van der Waals surface area contributed by atoms with Crippen molar-refractivity contribution < 1.29 is 9.47 Å². The molecule has 0 atom stereocenters. The van der Waals surface area contributed by atoms with E-state index in [1.54, 1.807) is 7.11 Å². The Morgan fingerprint density at radius 3 is 2.56 bits per heavy atom. The summed E-state index contributed by atoms with van der Waals surface area (Å²) in [6, 6.07) is 14.4. The van der Waals surface area contributed by atoms with Crippen LogP contribution >= 0.6 is 0 Å². The molecule has 7 nitrogen and oxygen atoms in total. The minimum Gasteiger partial charge on any atom is -0.496 e. The SMILES string of the molecule is CCc1cc(-c2ccc3nc(C)c(-c4ccc(N5CCOCC5)nc4)n3n2)ccc1OC. The van der Waals surface area contributed by atoms with Crippen LogP contribution in [0.4, 0.5) is 5.82 Å². The maximum absolute atomic E-state index is 5.48. The van der Waals surface area contributed by atoms with Gasteiger partial charge in [-0.2, -0.15) is 5.10 Å². The molecule has 1 aromatic carbocycles. The second-order valence-corrected chi connectivity index (χ2v) is 7.92. The van der Waals surface area contributed by atoms with Crippen LogP contribution in [0.25, 0.3) is 28.2 Å². The van der Waals surface area contributed by atoms with Gasteiger partial charge in [-0.3, -0.25) is 0 Å². The molecule has 0 radical (unpaired) electrons. The minimum atomic E-state index is 0.744. The minimum absolute atomic E-state index is 0.744. The number of nitrogens with zero attached hydrogens (tertiary/aromatic N) is 5. The molecule has 0 bridgehead atoms. The molecule has 0 aliphatic carbocycles. The van der Waals surface area contributed by atoms with Gasteiger partial charge in [-0.05, 0) is 61.4 Å². The molecule has 1 aliphatic heterocycles. The second-order valence-electron chi connectivity index (χ2n) is 7.92. The van der Waals surface area contributed by atoms with E-state index in [0.29, 0.717) is 0 Å². The van der Waals surface area contributed by atoms with E-state index in [9.17, 15) is 0 Å². The van der Waals surface area contributed by atoms with Crippen LogP contribution in [0.3, 0.4) is 0 Å². The van der Waals surface area contributed by atoms with Gasteiger partial charge in [-0.25, -0.2) is 14.5 Å². The summed E-state index contributed by atoms with van der Waals surface area (Å²) in [7, 11) is 1.71. The van der Waals surface area contributed by atoms with Gasteiger partial charge in [-0.1, -0.05) is 6.92 Å². The van der Waals surface area contributed by atoms with E-state index in [1.165, 1.54) is 0 Å². The largest absolute Gasteiger partial charge is 0.496 e. The van der Waals surface area contributed by atoms with Crippen LogP contribution in [-0.4, -0.2) is 53.0 Å². The zero-order chi connectivity index (χ0) is 22.1. The topological polar surface area (TPSA) is 64.8 Å². The summed E-state index contributed by atoms with van der Waals surface area (Å²) in [5, 5.41) is 4.94. The summed E-state index contributed by atoms with van der Waals surface area (Å²) < 4.78 is 12.8. The standard InChI is InChI=1S/C25H27N5O2/c1-4-18-15-19(5-8-22(18)31-3)21-7-10-24-27-17(2)25(30(24)28-21)20-6-9-23(26-16-20)29-11-13-32-14-12-29/h5-10,15-16H,4,11-14H2,1-3H3. The van der Waals surface area contributed by atoms with Crippen LogP contribution in [-0.2, 0) is 11.2 Å². The van der Waals surface area contributed by atoms with Crippen molar-refractivity contribution in [3.05, 3.63) is 59.9 Å². The van der Waals surface area contributed by atoms with Crippen LogP contribution in [0.5, 0.6) is 5.75 Å². The molecule has 7 heteroatoms. The quantitative estimate of drug-likeness (QED) is 0.474. The number of benzene rings is 1. The Labute approximate surface area is 187 Å². The summed E-state index contributed by atoms with van der Waals surface area (Å²) >= 11 is 0. The van der Waals surface area contributed by atoms with Gasteiger partial charge in [0.05, 0.1) is 37.4 Å². The number of aryl methyl sites for hydroxylation is 2. The first-order valence-corrected chi connectivity index (χ1v) is 11.0. The number of pyridine rings is 1. The van der Waals surface area contributed by atoms with Crippen LogP contribution in [0.2, 0.25) is 0 Å². The van der Waals surface area contributed by atoms with Crippen molar-refractivity contribution in [2.24, 2.45) is 0 Å².